The van der Waals surface area contributed by atoms with Crippen LogP contribution in [0.15, 0.2) is 53.1 Å². The first-order chi connectivity index (χ1) is 12.2. The number of para-hydroxylation sites is 1. The molecule has 1 atom stereocenters. The highest BCUT2D eigenvalue weighted by Crippen LogP contribution is 2.33. The first-order valence-electron chi connectivity index (χ1n) is 8.16. The SMILES string of the molecule is Cc1nc(-c2ccc3c(c2)CC[C@H]3NC(=O)Oc2ccccc2)no1. The van der Waals surface area contributed by atoms with Crippen molar-refractivity contribution < 1.29 is 14.1 Å². The Bertz CT molecular complexity index is 905. The predicted octanol–water partition coefficient (Wildman–Crippen LogP) is 3.82. The van der Waals surface area contributed by atoms with Crippen LogP contribution in [0.25, 0.3) is 11.4 Å². The van der Waals surface area contributed by atoms with Gasteiger partial charge in [-0.2, -0.15) is 4.98 Å². The maximum atomic E-state index is 12.1. The van der Waals surface area contributed by atoms with E-state index in [1.807, 2.05) is 30.3 Å². The smallest absolute Gasteiger partial charge is 0.410 e. The largest absolute Gasteiger partial charge is 0.413 e. The van der Waals surface area contributed by atoms with E-state index in [2.05, 4.69) is 21.5 Å². The van der Waals surface area contributed by atoms with Crippen LogP contribution in [0.1, 0.15) is 29.5 Å². The molecule has 0 aliphatic heterocycles. The van der Waals surface area contributed by atoms with Gasteiger partial charge in [-0.1, -0.05) is 35.5 Å². The van der Waals surface area contributed by atoms with Gasteiger partial charge in [0.2, 0.25) is 11.7 Å². The number of amides is 1. The van der Waals surface area contributed by atoms with Gasteiger partial charge in [0.1, 0.15) is 5.75 Å². The number of hydrogen-bond donors (Lipinski definition) is 1. The minimum Gasteiger partial charge on any atom is -0.410 e. The minimum atomic E-state index is -0.443. The molecule has 25 heavy (non-hydrogen) atoms. The number of aromatic nitrogens is 2. The Hall–Kier alpha value is -3.15. The summed E-state index contributed by atoms with van der Waals surface area (Å²) in [5, 5.41) is 6.89. The number of carbonyl (C=O) groups is 1. The van der Waals surface area contributed by atoms with Crippen molar-refractivity contribution in [1.29, 1.82) is 0 Å². The molecule has 0 fully saturated rings. The normalized spacial score (nSPS) is 15.6. The maximum Gasteiger partial charge on any atom is 0.413 e. The second-order valence-corrected chi connectivity index (χ2v) is 5.99. The predicted molar refractivity (Wildman–Crippen MR) is 91.1 cm³/mol. The summed E-state index contributed by atoms with van der Waals surface area (Å²) in [6.07, 6.45) is 1.28. The molecule has 0 saturated heterocycles. The van der Waals surface area contributed by atoms with E-state index in [0.29, 0.717) is 17.5 Å². The van der Waals surface area contributed by atoms with Gasteiger partial charge in [-0.05, 0) is 42.2 Å². The number of fused-ring (bicyclic) bond motifs is 1. The lowest BCUT2D eigenvalue weighted by Crippen LogP contribution is -2.29. The zero-order valence-electron chi connectivity index (χ0n) is 13.7. The monoisotopic (exact) mass is 335 g/mol. The number of aryl methyl sites for hydroxylation is 2. The van der Waals surface area contributed by atoms with Crippen molar-refractivity contribution in [2.75, 3.05) is 0 Å². The summed E-state index contributed by atoms with van der Waals surface area (Å²) in [6, 6.07) is 15.0. The van der Waals surface area contributed by atoms with Crippen LogP contribution in [-0.2, 0) is 6.42 Å². The van der Waals surface area contributed by atoms with E-state index in [9.17, 15) is 4.79 Å². The van der Waals surface area contributed by atoms with Gasteiger partial charge >= 0.3 is 6.09 Å². The fraction of sp³-hybridized carbons (Fsp3) is 0.211. The molecule has 0 unspecified atom stereocenters. The van der Waals surface area contributed by atoms with Crippen LogP contribution in [0.5, 0.6) is 5.75 Å². The van der Waals surface area contributed by atoms with Gasteiger partial charge in [0.25, 0.3) is 0 Å². The molecule has 1 N–H and O–H groups in total. The van der Waals surface area contributed by atoms with Crippen LogP contribution in [-0.4, -0.2) is 16.2 Å². The molecule has 0 bridgehead atoms. The van der Waals surface area contributed by atoms with Gasteiger partial charge in [0.15, 0.2) is 0 Å². The number of nitrogens with zero attached hydrogens (tertiary/aromatic N) is 2. The van der Waals surface area contributed by atoms with Crippen molar-refractivity contribution >= 4 is 6.09 Å². The van der Waals surface area contributed by atoms with E-state index < -0.39 is 6.09 Å². The fourth-order valence-corrected chi connectivity index (χ4v) is 3.09. The summed E-state index contributed by atoms with van der Waals surface area (Å²) in [7, 11) is 0. The van der Waals surface area contributed by atoms with Gasteiger partial charge in [-0.3, -0.25) is 0 Å². The highest BCUT2D eigenvalue weighted by Gasteiger charge is 2.25. The molecule has 2 aromatic carbocycles. The second-order valence-electron chi connectivity index (χ2n) is 5.99. The van der Waals surface area contributed by atoms with Crippen LogP contribution in [0.4, 0.5) is 4.79 Å². The number of ether oxygens (including phenoxy) is 1. The van der Waals surface area contributed by atoms with Crippen molar-refractivity contribution in [2.45, 2.75) is 25.8 Å². The molecule has 0 saturated carbocycles. The molecule has 3 aromatic rings. The number of carbonyl (C=O) groups excluding carboxylic acids is 1. The number of hydrogen-bond acceptors (Lipinski definition) is 5. The van der Waals surface area contributed by atoms with Gasteiger partial charge in [0.05, 0.1) is 6.04 Å². The molecule has 1 aliphatic rings. The molecular formula is C19H17N3O3. The second kappa shape index (κ2) is 6.39. The molecule has 1 aromatic heterocycles. The summed E-state index contributed by atoms with van der Waals surface area (Å²) in [6.45, 7) is 1.77. The van der Waals surface area contributed by atoms with Gasteiger partial charge in [-0.15, -0.1) is 0 Å². The van der Waals surface area contributed by atoms with E-state index >= 15 is 0 Å². The average Bonchev–Trinajstić information content (AvgIpc) is 3.22. The number of nitrogens with one attached hydrogen (secondary N) is 1. The Kier molecular flexibility index (Phi) is 3.93. The molecule has 126 valence electrons. The van der Waals surface area contributed by atoms with Crippen LogP contribution < -0.4 is 10.1 Å². The van der Waals surface area contributed by atoms with Crippen molar-refractivity contribution in [3.8, 4) is 17.1 Å². The van der Waals surface area contributed by atoms with Crippen molar-refractivity contribution in [1.82, 2.24) is 15.5 Å². The zero-order valence-corrected chi connectivity index (χ0v) is 13.7. The van der Waals surface area contributed by atoms with Crippen LogP contribution >= 0.6 is 0 Å². The van der Waals surface area contributed by atoms with E-state index in [4.69, 9.17) is 9.26 Å². The third kappa shape index (κ3) is 3.24. The third-order valence-electron chi connectivity index (χ3n) is 4.25. The molecule has 0 radical (unpaired) electrons. The van der Waals surface area contributed by atoms with Crippen molar-refractivity contribution in [3.63, 3.8) is 0 Å². The van der Waals surface area contributed by atoms with Crippen molar-refractivity contribution in [2.24, 2.45) is 0 Å². The molecule has 4 rings (SSSR count). The van der Waals surface area contributed by atoms with Crippen LogP contribution in [0.3, 0.4) is 0 Å². The van der Waals surface area contributed by atoms with Crippen LogP contribution in [0.2, 0.25) is 0 Å². The first-order valence-corrected chi connectivity index (χ1v) is 8.16. The molecule has 1 heterocycles. The Balaban J connectivity index is 1.47. The molecule has 1 amide bonds. The summed E-state index contributed by atoms with van der Waals surface area (Å²) >= 11 is 0. The molecule has 6 heteroatoms. The Labute approximate surface area is 144 Å². The molecule has 0 spiro atoms. The quantitative estimate of drug-likeness (QED) is 0.787. The molecule has 6 nitrogen and oxygen atoms in total. The lowest BCUT2D eigenvalue weighted by Gasteiger charge is -2.14. The number of benzene rings is 2. The average molecular weight is 335 g/mol. The third-order valence-corrected chi connectivity index (χ3v) is 4.25. The Morgan fingerprint density at radius 2 is 2.08 bits per heavy atom. The standard InChI is InChI=1S/C19H17N3O3/c1-12-20-18(22-25-12)14-7-9-16-13(11-14)8-10-17(16)21-19(23)24-15-5-3-2-4-6-15/h2-7,9,11,17H,8,10H2,1H3,(H,21,23)/t17-/m1/s1. The first kappa shape index (κ1) is 15.4. The summed E-state index contributed by atoms with van der Waals surface area (Å²) in [4.78, 5) is 16.4. The number of rotatable bonds is 3. The highest BCUT2D eigenvalue weighted by molar-refractivity contribution is 5.71. The van der Waals surface area contributed by atoms with Gasteiger partial charge in [0, 0.05) is 12.5 Å². The fourth-order valence-electron chi connectivity index (χ4n) is 3.09. The molecular weight excluding hydrogens is 318 g/mol. The summed E-state index contributed by atoms with van der Waals surface area (Å²) in [5.74, 6) is 1.65. The topological polar surface area (TPSA) is 77.2 Å². The van der Waals surface area contributed by atoms with E-state index in [1.165, 1.54) is 5.56 Å². The van der Waals surface area contributed by atoms with E-state index in [1.54, 1.807) is 19.1 Å². The van der Waals surface area contributed by atoms with Gasteiger partial charge < -0.3 is 14.6 Å². The zero-order chi connectivity index (χ0) is 17.2. The van der Waals surface area contributed by atoms with E-state index in [0.717, 1.165) is 24.0 Å². The molecule has 1 aliphatic carbocycles. The highest BCUT2D eigenvalue weighted by atomic mass is 16.6. The Morgan fingerprint density at radius 3 is 2.84 bits per heavy atom. The Morgan fingerprint density at radius 1 is 1.24 bits per heavy atom. The maximum absolute atomic E-state index is 12.1. The minimum absolute atomic E-state index is 0.0488. The van der Waals surface area contributed by atoms with Crippen molar-refractivity contribution in [3.05, 3.63) is 65.5 Å². The summed E-state index contributed by atoms with van der Waals surface area (Å²) < 4.78 is 10.3. The lowest BCUT2D eigenvalue weighted by molar-refractivity contribution is 0.196. The summed E-state index contributed by atoms with van der Waals surface area (Å²) in [5.41, 5.74) is 3.21. The van der Waals surface area contributed by atoms with Crippen LogP contribution in [0, 0.1) is 6.92 Å². The lowest BCUT2D eigenvalue weighted by atomic mass is 10.0. The van der Waals surface area contributed by atoms with E-state index in [-0.39, 0.29) is 6.04 Å². The van der Waals surface area contributed by atoms with Gasteiger partial charge in [-0.25, -0.2) is 4.79 Å².